The molecule has 2 aromatic rings. The van der Waals surface area contributed by atoms with Crippen LogP contribution in [0.3, 0.4) is 0 Å². The Labute approximate surface area is 193 Å². The molecule has 33 heavy (non-hydrogen) atoms. The van der Waals surface area contributed by atoms with Crippen LogP contribution < -0.4 is 10.9 Å². The minimum atomic E-state index is -0.824. The number of carbonyl (C=O) groups excluding carboxylic acids is 1. The molecule has 2 aromatic heterocycles. The molecule has 2 saturated carbocycles. The summed E-state index contributed by atoms with van der Waals surface area (Å²) in [5.41, 5.74) is 0.451. The van der Waals surface area contributed by atoms with Crippen molar-refractivity contribution >= 4 is 17.3 Å². The van der Waals surface area contributed by atoms with Crippen molar-refractivity contribution in [3.8, 4) is 0 Å². The van der Waals surface area contributed by atoms with Crippen LogP contribution >= 0.6 is 0 Å². The van der Waals surface area contributed by atoms with Crippen LogP contribution in [0.4, 0.5) is 0 Å². The van der Waals surface area contributed by atoms with Crippen molar-refractivity contribution in [2.75, 3.05) is 0 Å². The van der Waals surface area contributed by atoms with E-state index in [4.69, 9.17) is 4.74 Å². The van der Waals surface area contributed by atoms with E-state index < -0.39 is 5.60 Å². The van der Waals surface area contributed by atoms with Crippen LogP contribution in [0.1, 0.15) is 88.6 Å². The van der Waals surface area contributed by atoms with Crippen LogP contribution in [0.2, 0.25) is 0 Å². The van der Waals surface area contributed by atoms with Gasteiger partial charge in [-0.15, -0.1) is 5.10 Å². The second-order valence-electron chi connectivity index (χ2n) is 9.59. The number of fused-ring (bicyclic) bond motifs is 1. The summed E-state index contributed by atoms with van der Waals surface area (Å²) < 4.78 is 7.61. The molecule has 0 spiro atoms. The van der Waals surface area contributed by atoms with E-state index in [1.807, 2.05) is 6.08 Å². The summed E-state index contributed by atoms with van der Waals surface area (Å²) in [6, 6.07) is 1.74. The number of aromatic nitrogens is 4. The van der Waals surface area contributed by atoms with Gasteiger partial charge in [0.2, 0.25) is 5.78 Å². The lowest BCUT2D eigenvalue weighted by Gasteiger charge is -2.37. The fourth-order valence-electron chi connectivity index (χ4n) is 5.26. The lowest BCUT2D eigenvalue weighted by atomic mass is 9.83. The highest BCUT2D eigenvalue weighted by Gasteiger charge is 2.41. The van der Waals surface area contributed by atoms with Crippen molar-refractivity contribution in [3.63, 3.8) is 0 Å². The molecule has 0 bridgehead atoms. The van der Waals surface area contributed by atoms with E-state index in [1.165, 1.54) is 29.8 Å². The number of aromatic amines is 1. The largest absolute Gasteiger partial charge is 0.359 e. The van der Waals surface area contributed by atoms with Crippen LogP contribution in [-0.2, 0) is 16.1 Å². The third kappa shape index (κ3) is 4.81. The summed E-state index contributed by atoms with van der Waals surface area (Å²) in [6.45, 7) is 0.161. The van der Waals surface area contributed by atoms with Gasteiger partial charge in [0, 0.05) is 23.4 Å². The van der Waals surface area contributed by atoms with Crippen molar-refractivity contribution in [3.05, 3.63) is 46.2 Å². The summed E-state index contributed by atoms with van der Waals surface area (Å²) in [4.78, 5) is 33.7. The number of hydrogen-bond acceptors (Lipinski definition) is 5. The van der Waals surface area contributed by atoms with Gasteiger partial charge in [0.15, 0.2) is 5.82 Å². The Morgan fingerprint density at radius 1 is 1.15 bits per heavy atom. The SMILES string of the molecule is O=C(NC1CCCCC1)C1(OCc2cc(=O)n3nc(C4=CCCC=C4)nc3[nH]2)CCCCC1. The van der Waals surface area contributed by atoms with Gasteiger partial charge in [-0.1, -0.05) is 56.8 Å². The fraction of sp³-hybridized carbons (Fsp3) is 0.600. The van der Waals surface area contributed by atoms with E-state index in [0.29, 0.717) is 30.1 Å². The number of allylic oxidation sites excluding steroid dienone is 4. The van der Waals surface area contributed by atoms with Gasteiger partial charge in [0.25, 0.3) is 11.5 Å². The Hall–Kier alpha value is -2.74. The standard InChI is InChI=1S/C25H33N5O3/c31-21-16-20(27-24-28-22(29-30(21)24)18-10-4-1-5-11-18)17-33-25(14-8-3-9-15-25)23(32)26-19-12-6-2-7-13-19/h4,10-11,16,19H,1-3,5-9,12-15,17H2,(H,26,32)(H,27,28,29). The highest BCUT2D eigenvalue weighted by molar-refractivity contribution is 5.85. The molecule has 8 nitrogen and oxygen atoms in total. The maximum absolute atomic E-state index is 13.3. The smallest absolute Gasteiger partial charge is 0.275 e. The molecule has 2 heterocycles. The number of hydrogen-bond donors (Lipinski definition) is 2. The van der Waals surface area contributed by atoms with Gasteiger partial charge < -0.3 is 15.0 Å². The Morgan fingerprint density at radius 2 is 1.94 bits per heavy atom. The first-order valence-electron chi connectivity index (χ1n) is 12.4. The zero-order chi connectivity index (χ0) is 22.7. The molecule has 0 unspecified atom stereocenters. The van der Waals surface area contributed by atoms with Crippen LogP contribution in [-0.4, -0.2) is 37.1 Å². The Bertz CT molecular complexity index is 1120. The van der Waals surface area contributed by atoms with Gasteiger partial charge in [-0.2, -0.15) is 9.50 Å². The maximum Gasteiger partial charge on any atom is 0.275 e. The van der Waals surface area contributed by atoms with Crippen LogP contribution in [0.25, 0.3) is 11.4 Å². The molecule has 176 valence electrons. The molecular weight excluding hydrogens is 418 g/mol. The molecule has 2 N–H and O–H groups in total. The molecule has 5 rings (SSSR count). The molecular formula is C25H33N5O3. The van der Waals surface area contributed by atoms with Crippen LogP contribution in [0, 0.1) is 0 Å². The second-order valence-corrected chi connectivity index (χ2v) is 9.59. The molecule has 3 aliphatic carbocycles. The summed E-state index contributed by atoms with van der Waals surface area (Å²) >= 11 is 0. The summed E-state index contributed by atoms with van der Waals surface area (Å²) in [6.07, 6.45) is 18.3. The van der Waals surface area contributed by atoms with E-state index in [1.54, 1.807) is 0 Å². The van der Waals surface area contributed by atoms with Gasteiger partial charge in [0.1, 0.15) is 5.60 Å². The van der Waals surface area contributed by atoms with Gasteiger partial charge in [-0.05, 0) is 38.5 Å². The number of carbonyl (C=O) groups is 1. The maximum atomic E-state index is 13.3. The number of nitrogens with zero attached hydrogens (tertiary/aromatic N) is 3. The zero-order valence-corrected chi connectivity index (χ0v) is 19.1. The number of ether oxygens (including phenoxy) is 1. The molecule has 0 atom stereocenters. The minimum absolute atomic E-state index is 0.0123. The van der Waals surface area contributed by atoms with Gasteiger partial charge in [-0.25, -0.2) is 0 Å². The number of nitrogens with one attached hydrogen (secondary N) is 2. The Balaban J connectivity index is 1.33. The first-order valence-corrected chi connectivity index (χ1v) is 12.4. The average Bonchev–Trinajstić information content (AvgIpc) is 3.30. The Kier molecular flexibility index (Phi) is 6.44. The molecule has 0 aliphatic heterocycles. The fourth-order valence-corrected chi connectivity index (χ4v) is 5.26. The van der Waals surface area contributed by atoms with Crippen molar-refractivity contribution < 1.29 is 9.53 Å². The molecule has 1 amide bonds. The van der Waals surface area contributed by atoms with Crippen molar-refractivity contribution in [2.24, 2.45) is 0 Å². The van der Waals surface area contributed by atoms with E-state index in [2.05, 4.69) is 32.5 Å². The van der Waals surface area contributed by atoms with Crippen molar-refractivity contribution in [2.45, 2.75) is 95.3 Å². The monoisotopic (exact) mass is 451 g/mol. The summed E-state index contributed by atoms with van der Waals surface area (Å²) in [5.74, 6) is 0.937. The summed E-state index contributed by atoms with van der Waals surface area (Å²) in [5, 5.41) is 7.64. The van der Waals surface area contributed by atoms with Crippen molar-refractivity contribution in [1.29, 1.82) is 0 Å². The lowest BCUT2D eigenvalue weighted by Crippen LogP contribution is -2.53. The van der Waals surface area contributed by atoms with E-state index >= 15 is 0 Å². The highest BCUT2D eigenvalue weighted by Crippen LogP contribution is 2.33. The van der Waals surface area contributed by atoms with Crippen molar-refractivity contribution in [1.82, 2.24) is 24.9 Å². The molecule has 0 saturated heterocycles. The van der Waals surface area contributed by atoms with Crippen LogP contribution in [0.15, 0.2) is 29.1 Å². The van der Waals surface area contributed by atoms with Gasteiger partial charge >= 0.3 is 0 Å². The quantitative estimate of drug-likeness (QED) is 0.695. The normalized spacial score (nSPS) is 21.2. The van der Waals surface area contributed by atoms with Gasteiger partial charge in [-0.3, -0.25) is 9.59 Å². The topological polar surface area (TPSA) is 101 Å². The minimum Gasteiger partial charge on any atom is -0.359 e. The van der Waals surface area contributed by atoms with E-state index in [9.17, 15) is 9.59 Å². The first kappa shape index (κ1) is 22.1. The Morgan fingerprint density at radius 3 is 2.70 bits per heavy atom. The number of rotatable bonds is 6. The predicted octanol–water partition coefficient (Wildman–Crippen LogP) is 3.82. The predicted molar refractivity (Wildman–Crippen MR) is 126 cm³/mol. The lowest BCUT2D eigenvalue weighted by molar-refractivity contribution is -0.155. The summed E-state index contributed by atoms with van der Waals surface area (Å²) in [7, 11) is 0. The molecule has 2 fully saturated rings. The van der Waals surface area contributed by atoms with E-state index in [0.717, 1.165) is 50.5 Å². The average molecular weight is 452 g/mol. The van der Waals surface area contributed by atoms with E-state index in [-0.39, 0.29) is 24.1 Å². The zero-order valence-electron chi connectivity index (χ0n) is 19.1. The van der Waals surface area contributed by atoms with Crippen LogP contribution in [0.5, 0.6) is 0 Å². The molecule has 0 radical (unpaired) electrons. The highest BCUT2D eigenvalue weighted by atomic mass is 16.5. The first-order chi connectivity index (χ1) is 16.1. The number of amides is 1. The molecule has 3 aliphatic rings. The second kappa shape index (κ2) is 9.63. The molecule has 8 heteroatoms. The third-order valence-electron chi connectivity index (χ3n) is 7.16. The molecule has 0 aromatic carbocycles. The van der Waals surface area contributed by atoms with Gasteiger partial charge in [0.05, 0.1) is 6.61 Å². The number of H-pyrrole nitrogens is 1. The third-order valence-corrected chi connectivity index (χ3v) is 7.16.